The number of hydrogen-bond acceptors (Lipinski definition) is 2. The molecule has 0 atom stereocenters. The molecule has 0 N–H and O–H groups in total. The Morgan fingerprint density at radius 3 is 2.15 bits per heavy atom. The molecule has 0 radical (unpaired) electrons. The summed E-state index contributed by atoms with van der Waals surface area (Å²) in [7, 11) is 0. The van der Waals surface area contributed by atoms with Crippen LogP contribution >= 0.6 is 0 Å². The zero-order valence-electron chi connectivity index (χ0n) is 21.9. The van der Waals surface area contributed by atoms with Crippen molar-refractivity contribution in [3.05, 3.63) is 144 Å². The van der Waals surface area contributed by atoms with Crippen molar-refractivity contribution in [1.29, 1.82) is 0 Å². The maximum Gasteiger partial charge on any atom is 0.242 e. The molecular formula is C36H24BN3. The fourth-order valence-electron chi connectivity index (χ4n) is 7.18. The molecule has 0 amide bonds. The van der Waals surface area contributed by atoms with Crippen LogP contribution in [-0.2, 0) is 12.8 Å². The summed E-state index contributed by atoms with van der Waals surface area (Å²) in [4.78, 5) is 9.44. The van der Waals surface area contributed by atoms with Crippen molar-refractivity contribution in [3.8, 4) is 17.1 Å². The van der Waals surface area contributed by atoms with E-state index in [-0.39, 0.29) is 6.71 Å². The van der Waals surface area contributed by atoms with Crippen molar-refractivity contribution < 1.29 is 0 Å². The van der Waals surface area contributed by atoms with E-state index in [0.717, 1.165) is 24.4 Å². The number of hydrogen-bond donors (Lipinski definition) is 0. The Morgan fingerprint density at radius 2 is 1.32 bits per heavy atom. The summed E-state index contributed by atoms with van der Waals surface area (Å²) in [6.45, 7) is 0.196. The van der Waals surface area contributed by atoms with Crippen molar-refractivity contribution in [1.82, 2.24) is 14.5 Å². The van der Waals surface area contributed by atoms with E-state index >= 15 is 0 Å². The smallest absolute Gasteiger partial charge is 0.242 e. The van der Waals surface area contributed by atoms with E-state index in [2.05, 4.69) is 107 Å². The van der Waals surface area contributed by atoms with Crippen LogP contribution in [-0.4, -0.2) is 21.2 Å². The van der Waals surface area contributed by atoms with Gasteiger partial charge in [-0.15, -0.1) is 0 Å². The van der Waals surface area contributed by atoms with E-state index in [0.29, 0.717) is 0 Å². The molecule has 0 unspecified atom stereocenters. The monoisotopic (exact) mass is 509 g/mol. The molecule has 9 rings (SSSR count). The average molecular weight is 509 g/mol. The summed E-state index contributed by atoms with van der Waals surface area (Å²) in [5.74, 6) is 0.951. The molecule has 4 heteroatoms. The number of rotatable bonds is 2. The molecule has 0 aliphatic carbocycles. The topological polar surface area (TPSA) is 30.7 Å². The minimum Gasteiger partial charge on any atom is -0.294 e. The highest BCUT2D eigenvalue weighted by molar-refractivity contribution is 6.97. The van der Waals surface area contributed by atoms with Crippen LogP contribution < -0.4 is 16.4 Å². The van der Waals surface area contributed by atoms with Gasteiger partial charge in [-0.2, -0.15) is 0 Å². The van der Waals surface area contributed by atoms with Gasteiger partial charge in [-0.25, -0.2) is 4.98 Å². The SMILES string of the molecule is c1ccc(-c2ccc3c(c2)B2c4cc5c(cc4Cc4cccc(c42)C3)c2ccccc2n5-c2ccccn2)nc1. The van der Waals surface area contributed by atoms with Gasteiger partial charge < -0.3 is 0 Å². The van der Waals surface area contributed by atoms with Gasteiger partial charge in [0, 0.05) is 23.2 Å². The van der Waals surface area contributed by atoms with E-state index in [4.69, 9.17) is 4.98 Å². The van der Waals surface area contributed by atoms with Crippen LogP contribution in [0, 0.1) is 0 Å². The maximum absolute atomic E-state index is 4.77. The van der Waals surface area contributed by atoms with Gasteiger partial charge in [0.2, 0.25) is 6.71 Å². The van der Waals surface area contributed by atoms with E-state index in [1.54, 1.807) is 0 Å². The summed E-state index contributed by atoms with van der Waals surface area (Å²) >= 11 is 0. The number of para-hydroxylation sites is 1. The third kappa shape index (κ3) is 3.08. The first-order valence-electron chi connectivity index (χ1n) is 14.0. The van der Waals surface area contributed by atoms with E-state index in [1.165, 1.54) is 66.0 Å². The van der Waals surface area contributed by atoms with Crippen LogP contribution in [0.5, 0.6) is 0 Å². The largest absolute Gasteiger partial charge is 0.294 e. The second-order valence-corrected chi connectivity index (χ2v) is 11.0. The Labute approximate surface area is 232 Å². The van der Waals surface area contributed by atoms with Crippen molar-refractivity contribution in [2.45, 2.75) is 12.8 Å². The second-order valence-electron chi connectivity index (χ2n) is 11.0. The standard InChI is InChI=1S/C36H24BN3/c1-2-12-33-28(10-1)29-20-27-19-26-9-7-8-25-18-23-14-15-24(32-11-3-5-16-38-32)21-30(23)37(36(25)26)31(27)22-34(29)40(33)35-13-4-6-17-39-35/h1-17,20-22H,18-19H2. The summed E-state index contributed by atoms with van der Waals surface area (Å²) < 4.78 is 2.33. The first kappa shape index (κ1) is 21.9. The zero-order chi connectivity index (χ0) is 26.2. The van der Waals surface area contributed by atoms with Crippen LogP contribution in [0.3, 0.4) is 0 Å². The molecule has 186 valence electrons. The van der Waals surface area contributed by atoms with Crippen LogP contribution in [0.15, 0.2) is 122 Å². The molecule has 0 bridgehead atoms. The lowest BCUT2D eigenvalue weighted by molar-refractivity contribution is 1.08. The Bertz CT molecular complexity index is 2110. The van der Waals surface area contributed by atoms with Crippen molar-refractivity contribution in [3.63, 3.8) is 0 Å². The maximum atomic E-state index is 4.77. The first-order chi connectivity index (χ1) is 19.8. The Kier molecular flexibility index (Phi) is 4.53. The molecule has 3 nitrogen and oxygen atoms in total. The number of benzene rings is 4. The summed E-state index contributed by atoms with van der Waals surface area (Å²) in [5.41, 5.74) is 14.7. The molecule has 0 spiro atoms. The summed E-state index contributed by atoms with van der Waals surface area (Å²) in [6.07, 6.45) is 5.70. The molecule has 0 saturated heterocycles. The Hall–Kier alpha value is -4.96. The summed E-state index contributed by atoms with van der Waals surface area (Å²) in [6, 6.07) is 39.8. The predicted molar refractivity (Wildman–Crippen MR) is 165 cm³/mol. The molecule has 2 aliphatic heterocycles. The number of aromatic nitrogens is 3. The number of pyridine rings is 2. The minimum absolute atomic E-state index is 0.196. The second kappa shape index (κ2) is 8.27. The molecule has 7 aromatic rings. The molecule has 0 saturated carbocycles. The predicted octanol–water partition coefficient (Wildman–Crippen LogP) is 5.57. The van der Waals surface area contributed by atoms with Crippen molar-refractivity contribution in [2.24, 2.45) is 0 Å². The highest BCUT2D eigenvalue weighted by atomic mass is 15.1. The van der Waals surface area contributed by atoms with Crippen LogP contribution in [0.4, 0.5) is 0 Å². The average Bonchev–Trinajstić information content (AvgIpc) is 3.34. The van der Waals surface area contributed by atoms with Crippen LogP contribution in [0.2, 0.25) is 0 Å². The van der Waals surface area contributed by atoms with Gasteiger partial charge in [-0.05, 0) is 83.1 Å². The van der Waals surface area contributed by atoms with Crippen molar-refractivity contribution in [2.75, 3.05) is 0 Å². The molecule has 4 aromatic carbocycles. The number of fused-ring (bicyclic) bond motifs is 7. The molecule has 0 fully saturated rings. The Morgan fingerprint density at radius 1 is 0.550 bits per heavy atom. The normalized spacial score (nSPS) is 13.2. The third-order valence-corrected chi connectivity index (χ3v) is 8.88. The molecule has 3 aromatic heterocycles. The van der Waals surface area contributed by atoms with Gasteiger partial charge in [-0.3, -0.25) is 9.55 Å². The van der Waals surface area contributed by atoms with Gasteiger partial charge in [0.25, 0.3) is 0 Å². The highest BCUT2D eigenvalue weighted by Crippen LogP contribution is 2.34. The fraction of sp³-hybridized carbons (Fsp3) is 0.0556. The van der Waals surface area contributed by atoms with Gasteiger partial charge in [0.1, 0.15) is 5.82 Å². The van der Waals surface area contributed by atoms with E-state index in [9.17, 15) is 0 Å². The minimum atomic E-state index is 0.196. The molecule has 40 heavy (non-hydrogen) atoms. The third-order valence-electron chi connectivity index (χ3n) is 8.88. The molecule has 5 heterocycles. The summed E-state index contributed by atoms with van der Waals surface area (Å²) in [5, 5.41) is 2.56. The molecular weight excluding hydrogens is 485 g/mol. The first-order valence-corrected chi connectivity index (χ1v) is 14.0. The zero-order valence-corrected chi connectivity index (χ0v) is 21.9. The number of nitrogens with zero attached hydrogens (tertiary/aromatic N) is 3. The van der Waals surface area contributed by atoms with Gasteiger partial charge in [0.15, 0.2) is 0 Å². The lowest BCUT2D eigenvalue weighted by atomic mass is 9.30. The lowest BCUT2D eigenvalue weighted by Crippen LogP contribution is -2.61. The van der Waals surface area contributed by atoms with Gasteiger partial charge in [-0.1, -0.05) is 83.1 Å². The quantitative estimate of drug-likeness (QED) is 0.286. The Balaban J connectivity index is 1.35. The van der Waals surface area contributed by atoms with Gasteiger partial charge >= 0.3 is 0 Å². The van der Waals surface area contributed by atoms with Gasteiger partial charge in [0.05, 0.1) is 16.7 Å². The highest BCUT2D eigenvalue weighted by Gasteiger charge is 2.37. The molecule has 2 aliphatic rings. The lowest BCUT2D eigenvalue weighted by Gasteiger charge is -2.34. The fourth-order valence-corrected chi connectivity index (χ4v) is 7.18. The van der Waals surface area contributed by atoms with E-state index < -0.39 is 0 Å². The van der Waals surface area contributed by atoms with Crippen LogP contribution in [0.25, 0.3) is 38.9 Å². The van der Waals surface area contributed by atoms with E-state index in [1.807, 2.05) is 24.5 Å². The van der Waals surface area contributed by atoms with Crippen molar-refractivity contribution >= 4 is 44.9 Å². The van der Waals surface area contributed by atoms with Crippen LogP contribution in [0.1, 0.15) is 22.3 Å².